The molecule has 0 fully saturated rings. The summed E-state index contributed by atoms with van der Waals surface area (Å²) >= 11 is 0. The molecule has 0 spiro atoms. The molecule has 0 saturated heterocycles. The van der Waals surface area contributed by atoms with Crippen LogP contribution in [-0.4, -0.2) is 11.2 Å². The molecule has 12 heavy (non-hydrogen) atoms. The average Bonchev–Trinajstić information content (AvgIpc) is 2.01. The molecule has 1 rings (SSSR count). The lowest BCUT2D eigenvalue weighted by atomic mass is 10.1. The highest BCUT2D eigenvalue weighted by Gasteiger charge is 2.01. The summed E-state index contributed by atoms with van der Waals surface area (Å²) in [5.74, 6) is 0.0152. The van der Waals surface area contributed by atoms with Crippen LogP contribution < -0.4 is 0 Å². The topological polar surface area (TPSA) is 49.7 Å². The number of isocyanates is 1. The van der Waals surface area contributed by atoms with Crippen LogP contribution in [0.5, 0.6) is 5.75 Å². The van der Waals surface area contributed by atoms with Crippen molar-refractivity contribution >= 4 is 11.8 Å². The van der Waals surface area contributed by atoms with E-state index in [9.17, 15) is 9.90 Å². The first-order chi connectivity index (χ1) is 5.65. The summed E-state index contributed by atoms with van der Waals surface area (Å²) < 4.78 is 0. The summed E-state index contributed by atoms with van der Waals surface area (Å²) in [7, 11) is 0. The van der Waals surface area contributed by atoms with Gasteiger partial charge in [0, 0.05) is 0 Å². The number of aliphatic imine (C=N–C) groups is 1. The molecule has 0 amide bonds. The Morgan fingerprint density at radius 1 is 1.33 bits per heavy atom. The van der Waals surface area contributed by atoms with Gasteiger partial charge in [0.05, 0.1) is 0 Å². The number of nitrogens with zero attached hydrogens (tertiary/aromatic N) is 1. The molecule has 0 aliphatic heterocycles. The van der Waals surface area contributed by atoms with E-state index in [4.69, 9.17) is 0 Å². The Kier molecular flexibility index (Phi) is 2.26. The van der Waals surface area contributed by atoms with Gasteiger partial charge in [-0.3, -0.25) is 0 Å². The van der Waals surface area contributed by atoms with Crippen molar-refractivity contribution in [2.45, 2.75) is 13.8 Å². The fourth-order valence-corrected chi connectivity index (χ4v) is 0.924. The molecule has 3 nitrogen and oxygen atoms in total. The first-order valence-electron chi connectivity index (χ1n) is 3.53. The number of rotatable bonds is 1. The minimum Gasteiger partial charge on any atom is -0.506 e. The maximum atomic E-state index is 9.92. The summed E-state index contributed by atoms with van der Waals surface area (Å²) in [6.45, 7) is 3.77. The monoisotopic (exact) mass is 163 g/mol. The molecule has 0 radical (unpaired) electrons. The molecule has 0 heterocycles. The van der Waals surface area contributed by atoms with Gasteiger partial charge in [0.15, 0.2) is 0 Å². The number of carbonyl (C=O) groups excluding carboxylic acids is 1. The van der Waals surface area contributed by atoms with Gasteiger partial charge in [-0.2, -0.15) is 4.99 Å². The van der Waals surface area contributed by atoms with E-state index in [0.717, 1.165) is 11.1 Å². The summed E-state index contributed by atoms with van der Waals surface area (Å²) in [5.41, 5.74) is 2.23. The Morgan fingerprint density at radius 2 is 1.92 bits per heavy atom. The predicted octanol–water partition coefficient (Wildman–Crippen LogP) is 1.98. The van der Waals surface area contributed by atoms with Crippen molar-refractivity contribution in [2.24, 2.45) is 4.99 Å². The van der Waals surface area contributed by atoms with Crippen LogP contribution in [0.25, 0.3) is 0 Å². The van der Waals surface area contributed by atoms with E-state index in [1.807, 2.05) is 13.8 Å². The van der Waals surface area contributed by atoms with Crippen molar-refractivity contribution in [1.29, 1.82) is 0 Å². The van der Waals surface area contributed by atoms with E-state index < -0.39 is 0 Å². The maximum absolute atomic E-state index is 9.92. The van der Waals surface area contributed by atoms with Gasteiger partial charge in [0.1, 0.15) is 11.4 Å². The summed E-state index contributed by atoms with van der Waals surface area (Å²) in [5, 5.41) is 9.27. The molecule has 3 heteroatoms. The normalized spacial score (nSPS) is 9.17. The van der Waals surface area contributed by atoms with Crippen LogP contribution in [0.2, 0.25) is 0 Å². The van der Waals surface area contributed by atoms with Gasteiger partial charge < -0.3 is 5.11 Å². The SMILES string of the molecule is Cc1cc(O)c(N=C=O)cc1C. The second-order valence-corrected chi connectivity index (χ2v) is 2.63. The van der Waals surface area contributed by atoms with Crippen molar-refractivity contribution in [3.05, 3.63) is 23.3 Å². The van der Waals surface area contributed by atoms with Crippen LogP contribution >= 0.6 is 0 Å². The highest BCUT2D eigenvalue weighted by molar-refractivity contribution is 5.59. The van der Waals surface area contributed by atoms with Crippen molar-refractivity contribution < 1.29 is 9.90 Å². The van der Waals surface area contributed by atoms with Crippen LogP contribution in [0.15, 0.2) is 17.1 Å². The lowest BCUT2D eigenvalue weighted by Crippen LogP contribution is -1.79. The summed E-state index contributed by atoms with van der Waals surface area (Å²) in [6.07, 6.45) is 1.39. The predicted molar refractivity (Wildman–Crippen MR) is 45.4 cm³/mol. The van der Waals surface area contributed by atoms with Crippen LogP contribution in [0.1, 0.15) is 11.1 Å². The molecular formula is C9H9NO2. The summed E-state index contributed by atoms with van der Waals surface area (Å²) in [6, 6.07) is 3.22. The Hall–Kier alpha value is -1.60. The first-order valence-corrected chi connectivity index (χ1v) is 3.53. The molecule has 0 saturated carbocycles. The zero-order chi connectivity index (χ0) is 9.14. The fourth-order valence-electron chi connectivity index (χ4n) is 0.924. The van der Waals surface area contributed by atoms with Gasteiger partial charge in [0.2, 0.25) is 6.08 Å². The average molecular weight is 163 g/mol. The second-order valence-electron chi connectivity index (χ2n) is 2.63. The quantitative estimate of drug-likeness (QED) is 0.508. The van der Waals surface area contributed by atoms with E-state index in [1.54, 1.807) is 12.1 Å². The molecule has 0 bridgehead atoms. The van der Waals surface area contributed by atoms with Crippen LogP contribution in [-0.2, 0) is 4.79 Å². The van der Waals surface area contributed by atoms with Gasteiger partial charge in [-0.15, -0.1) is 0 Å². The van der Waals surface area contributed by atoms with Crippen molar-refractivity contribution in [3.63, 3.8) is 0 Å². The molecule has 0 aromatic heterocycles. The molecule has 1 aromatic rings. The third kappa shape index (κ3) is 1.52. The van der Waals surface area contributed by atoms with Crippen molar-refractivity contribution in [1.82, 2.24) is 0 Å². The van der Waals surface area contributed by atoms with Crippen LogP contribution in [0.4, 0.5) is 5.69 Å². The number of benzene rings is 1. The number of hydrogen-bond donors (Lipinski definition) is 1. The molecule has 0 aliphatic rings. The number of hydrogen-bond acceptors (Lipinski definition) is 3. The van der Waals surface area contributed by atoms with E-state index in [1.165, 1.54) is 6.08 Å². The molecule has 1 aromatic carbocycles. The first kappa shape index (κ1) is 8.50. The third-order valence-corrected chi connectivity index (χ3v) is 1.76. The van der Waals surface area contributed by atoms with E-state index in [-0.39, 0.29) is 11.4 Å². The summed E-state index contributed by atoms with van der Waals surface area (Å²) in [4.78, 5) is 13.3. The fraction of sp³-hybridized carbons (Fsp3) is 0.222. The lowest BCUT2D eigenvalue weighted by Gasteiger charge is -2.02. The van der Waals surface area contributed by atoms with Crippen LogP contribution in [0, 0.1) is 13.8 Å². The zero-order valence-corrected chi connectivity index (χ0v) is 6.96. The maximum Gasteiger partial charge on any atom is 0.240 e. The number of phenols is 1. The molecule has 0 unspecified atom stereocenters. The highest BCUT2D eigenvalue weighted by atomic mass is 16.3. The van der Waals surface area contributed by atoms with E-state index >= 15 is 0 Å². The number of aryl methyl sites for hydroxylation is 2. The minimum absolute atomic E-state index is 0.0152. The second kappa shape index (κ2) is 3.20. The molecule has 0 atom stereocenters. The van der Waals surface area contributed by atoms with E-state index in [2.05, 4.69) is 4.99 Å². The van der Waals surface area contributed by atoms with Crippen LogP contribution in [0.3, 0.4) is 0 Å². The van der Waals surface area contributed by atoms with Crippen molar-refractivity contribution in [3.8, 4) is 5.75 Å². The van der Waals surface area contributed by atoms with Gasteiger partial charge >= 0.3 is 0 Å². The van der Waals surface area contributed by atoms with Gasteiger partial charge in [0.25, 0.3) is 0 Å². The minimum atomic E-state index is 0.0152. The molecule has 0 aliphatic carbocycles. The Balaban J connectivity index is 3.32. The number of aromatic hydroxyl groups is 1. The van der Waals surface area contributed by atoms with E-state index in [0.29, 0.717) is 0 Å². The van der Waals surface area contributed by atoms with Crippen molar-refractivity contribution in [2.75, 3.05) is 0 Å². The lowest BCUT2D eigenvalue weighted by molar-refractivity contribution is 0.476. The molecule has 62 valence electrons. The third-order valence-electron chi connectivity index (χ3n) is 1.76. The molecular weight excluding hydrogens is 154 g/mol. The van der Waals surface area contributed by atoms with Gasteiger partial charge in [-0.1, -0.05) is 0 Å². The smallest absolute Gasteiger partial charge is 0.240 e. The van der Waals surface area contributed by atoms with Gasteiger partial charge in [-0.25, -0.2) is 4.79 Å². The number of phenolic OH excluding ortho intramolecular Hbond substituents is 1. The molecule has 1 N–H and O–H groups in total. The standard InChI is InChI=1S/C9H9NO2/c1-6-3-8(10-5-11)9(12)4-7(6)2/h3-4,12H,1-2H3. The van der Waals surface area contributed by atoms with Gasteiger partial charge in [-0.05, 0) is 37.1 Å². The Morgan fingerprint density at radius 3 is 2.50 bits per heavy atom. The Bertz CT molecular complexity index is 352. The highest BCUT2D eigenvalue weighted by Crippen LogP contribution is 2.28. The Labute approximate surface area is 70.4 Å². The largest absolute Gasteiger partial charge is 0.506 e. The zero-order valence-electron chi connectivity index (χ0n) is 6.96.